The number of hydrogen-bond acceptors (Lipinski definition) is 3. The van der Waals surface area contributed by atoms with Gasteiger partial charge in [-0.1, -0.05) is 0 Å². The van der Waals surface area contributed by atoms with Gasteiger partial charge in [0.15, 0.2) is 0 Å². The minimum atomic E-state index is -0.151. The van der Waals surface area contributed by atoms with Gasteiger partial charge in [-0.3, -0.25) is 0 Å². The zero-order valence-corrected chi connectivity index (χ0v) is 5.00. The summed E-state index contributed by atoms with van der Waals surface area (Å²) in [5, 5.41) is 16.6. The van der Waals surface area contributed by atoms with Gasteiger partial charge in [-0.15, -0.1) is 0 Å². The van der Waals surface area contributed by atoms with Crippen LogP contribution in [0.2, 0.25) is 0 Å². The Morgan fingerprint density at radius 2 is 2.12 bits per heavy atom. The van der Waals surface area contributed by atoms with Gasteiger partial charge in [-0.2, -0.15) is 0 Å². The van der Waals surface area contributed by atoms with Crippen LogP contribution in [-0.4, -0.2) is 36.1 Å². The topological polar surface area (TPSA) is 49.7 Å². The van der Waals surface area contributed by atoms with E-state index >= 15 is 0 Å². The average Bonchev–Trinajstić information content (AvgIpc) is 1.83. The molecule has 8 heavy (non-hydrogen) atoms. The minimum absolute atomic E-state index is 0.0139. The summed E-state index contributed by atoms with van der Waals surface area (Å²) in [4.78, 5) is 0. The highest BCUT2D eigenvalue weighted by molar-refractivity contribution is 4.42. The van der Waals surface area contributed by atoms with E-state index in [1.165, 1.54) is 0 Å². The van der Waals surface area contributed by atoms with E-state index in [0.29, 0.717) is 6.61 Å². The molecule has 0 aliphatic heterocycles. The molecule has 0 aliphatic rings. The molecule has 3 heteroatoms. The third kappa shape index (κ3) is 4.05. The molecule has 0 radical (unpaired) electrons. The Morgan fingerprint density at radius 3 is 2.50 bits per heavy atom. The summed E-state index contributed by atoms with van der Waals surface area (Å²) >= 11 is 0. The van der Waals surface area contributed by atoms with Crippen molar-refractivity contribution in [2.24, 2.45) is 0 Å². The van der Waals surface area contributed by atoms with Crippen LogP contribution in [0.4, 0.5) is 0 Å². The molecule has 0 saturated heterocycles. The predicted molar refractivity (Wildman–Crippen MR) is 29.6 cm³/mol. The highest BCUT2D eigenvalue weighted by atomic mass is 16.5. The van der Waals surface area contributed by atoms with Crippen LogP contribution in [0.25, 0.3) is 0 Å². The van der Waals surface area contributed by atoms with Crippen molar-refractivity contribution in [3.8, 4) is 0 Å². The fourth-order valence-electron chi connectivity index (χ4n) is 0.307. The van der Waals surface area contributed by atoms with Crippen LogP contribution in [0, 0.1) is 0 Å². The SMILES string of the molecule is CC(CO)OCCO. The van der Waals surface area contributed by atoms with Crippen molar-refractivity contribution in [3.63, 3.8) is 0 Å². The van der Waals surface area contributed by atoms with E-state index in [9.17, 15) is 0 Å². The first kappa shape index (κ1) is 7.88. The Bertz CT molecular complexity index is 46.9. The zero-order valence-electron chi connectivity index (χ0n) is 5.00. The lowest BCUT2D eigenvalue weighted by Gasteiger charge is -2.06. The van der Waals surface area contributed by atoms with E-state index in [1.54, 1.807) is 6.92 Å². The van der Waals surface area contributed by atoms with Gasteiger partial charge in [0.25, 0.3) is 0 Å². The van der Waals surface area contributed by atoms with Crippen LogP contribution in [0.1, 0.15) is 6.92 Å². The maximum atomic E-state index is 8.35. The van der Waals surface area contributed by atoms with E-state index in [4.69, 9.17) is 14.9 Å². The molecule has 1 atom stereocenters. The van der Waals surface area contributed by atoms with Crippen LogP contribution >= 0.6 is 0 Å². The number of ether oxygens (including phenoxy) is 1. The first-order valence-corrected chi connectivity index (χ1v) is 2.64. The van der Waals surface area contributed by atoms with Crippen molar-refractivity contribution in [1.82, 2.24) is 0 Å². The van der Waals surface area contributed by atoms with Crippen molar-refractivity contribution < 1.29 is 14.9 Å². The van der Waals surface area contributed by atoms with Crippen LogP contribution < -0.4 is 0 Å². The molecule has 0 aromatic rings. The van der Waals surface area contributed by atoms with Gasteiger partial charge in [-0.25, -0.2) is 0 Å². The molecule has 0 rings (SSSR count). The van der Waals surface area contributed by atoms with E-state index < -0.39 is 0 Å². The number of hydrogen-bond donors (Lipinski definition) is 2. The predicted octanol–water partition coefficient (Wildman–Crippen LogP) is -0.624. The van der Waals surface area contributed by atoms with Crippen LogP contribution in [0.15, 0.2) is 0 Å². The Morgan fingerprint density at radius 1 is 1.50 bits per heavy atom. The maximum Gasteiger partial charge on any atom is 0.0778 e. The first-order chi connectivity index (χ1) is 3.81. The normalized spacial score (nSPS) is 13.9. The summed E-state index contributed by atoms with van der Waals surface area (Å²) in [5.41, 5.74) is 0. The van der Waals surface area contributed by atoms with Crippen LogP contribution in [0.3, 0.4) is 0 Å². The third-order valence-corrected chi connectivity index (χ3v) is 0.751. The molecule has 0 aromatic carbocycles. The number of aliphatic hydroxyl groups excluding tert-OH is 2. The molecular formula is C5H12O3. The summed E-state index contributed by atoms with van der Waals surface area (Å²) < 4.78 is 4.84. The monoisotopic (exact) mass is 120 g/mol. The standard InChI is InChI=1S/C5H12O3/c1-5(4-7)8-3-2-6/h5-7H,2-4H2,1H3. The molecule has 0 saturated carbocycles. The van der Waals surface area contributed by atoms with Gasteiger partial charge in [-0.05, 0) is 6.92 Å². The molecule has 50 valence electrons. The molecule has 0 heterocycles. The van der Waals surface area contributed by atoms with Gasteiger partial charge in [0, 0.05) is 0 Å². The second-order valence-corrected chi connectivity index (χ2v) is 1.59. The lowest BCUT2D eigenvalue weighted by atomic mass is 10.4. The molecular weight excluding hydrogens is 108 g/mol. The summed E-state index contributed by atoms with van der Waals surface area (Å²) in [6, 6.07) is 0. The molecule has 0 aliphatic carbocycles. The van der Waals surface area contributed by atoms with E-state index in [2.05, 4.69) is 0 Å². The Hall–Kier alpha value is -0.120. The first-order valence-electron chi connectivity index (χ1n) is 2.64. The lowest BCUT2D eigenvalue weighted by molar-refractivity contribution is 0.00729. The minimum Gasteiger partial charge on any atom is -0.394 e. The summed E-state index contributed by atoms with van der Waals surface area (Å²) in [5.74, 6) is 0. The smallest absolute Gasteiger partial charge is 0.0778 e. The molecule has 0 fully saturated rings. The molecule has 0 bridgehead atoms. The Kier molecular flexibility index (Phi) is 4.95. The van der Waals surface area contributed by atoms with Crippen molar-refractivity contribution >= 4 is 0 Å². The quantitative estimate of drug-likeness (QED) is 0.519. The lowest BCUT2D eigenvalue weighted by Crippen LogP contribution is -2.14. The van der Waals surface area contributed by atoms with Crippen molar-refractivity contribution in [2.45, 2.75) is 13.0 Å². The van der Waals surface area contributed by atoms with Crippen molar-refractivity contribution in [1.29, 1.82) is 0 Å². The maximum absolute atomic E-state index is 8.35. The molecule has 0 spiro atoms. The molecule has 3 nitrogen and oxygen atoms in total. The van der Waals surface area contributed by atoms with Gasteiger partial charge in [0.05, 0.1) is 25.9 Å². The number of rotatable bonds is 4. The van der Waals surface area contributed by atoms with Gasteiger partial charge in [0.2, 0.25) is 0 Å². The van der Waals surface area contributed by atoms with Crippen molar-refractivity contribution in [2.75, 3.05) is 19.8 Å². The van der Waals surface area contributed by atoms with Crippen LogP contribution in [0.5, 0.6) is 0 Å². The number of aliphatic hydroxyl groups is 2. The zero-order chi connectivity index (χ0) is 6.41. The second-order valence-electron chi connectivity index (χ2n) is 1.59. The summed E-state index contributed by atoms with van der Waals surface area (Å²) in [6.45, 7) is 2.09. The molecule has 2 N–H and O–H groups in total. The van der Waals surface area contributed by atoms with Gasteiger partial charge < -0.3 is 14.9 Å². The Balaban J connectivity index is 2.86. The van der Waals surface area contributed by atoms with Crippen molar-refractivity contribution in [3.05, 3.63) is 0 Å². The van der Waals surface area contributed by atoms with Gasteiger partial charge >= 0.3 is 0 Å². The van der Waals surface area contributed by atoms with E-state index in [1.807, 2.05) is 0 Å². The highest BCUT2D eigenvalue weighted by Crippen LogP contribution is 1.85. The highest BCUT2D eigenvalue weighted by Gasteiger charge is 1.95. The molecule has 0 aromatic heterocycles. The second kappa shape index (κ2) is 5.03. The fraction of sp³-hybridized carbons (Fsp3) is 1.00. The molecule has 1 unspecified atom stereocenters. The fourth-order valence-corrected chi connectivity index (χ4v) is 0.307. The van der Waals surface area contributed by atoms with Gasteiger partial charge in [0.1, 0.15) is 0 Å². The average molecular weight is 120 g/mol. The van der Waals surface area contributed by atoms with E-state index in [-0.39, 0.29) is 19.3 Å². The summed E-state index contributed by atoms with van der Waals surface area (Å²) in [7, 11) is 0. The molecule has 0 amide bonds. The third-order valence-electron chi connectivity index (χ3n) is 0.751. The largest absolute Gasteiger partial charge is 0.394 e. The Labute approximate surface area is 48.9 Å². The summed E-state index contributed by atoms with van der Waals surface area (Å²) in [6.07, 6.45) is -0.151. The van der Waals surface area contributed by atoms with E-state index in [0.717, 1.165) is 0 Å². The van der Waals surface area contributed by atoms with Crippen LogP contribution in [-0.2, 0) is 4.74 Å².